The summed E-state index contributed by atoms with van der Waals surface area (Å²) >= 11 is 5.95. The summed E-state index contributed by atoms with van der Waals surface area (Å²) in [6, 6.07) is 12.5. The summed E-state index contributed by atoms with van der Waals surface area (Å²) in [6.07, 6.45) is -4.79. The van der Waals surface area contributed by atoms with E-state index in [4.69, 9.17) is 11.6 Å². The van der Waals surface area contributed by atoms with Crippen LogP contribution >= 0.6 is 11.6 Å². The number of rotatable bonds is 6. The summed E-state index contributed by atoms with van der Waals surface area (Å²) in [4.78, 5) is 11.8. The second-order valence-corrected chi connectivity index (χ2v) is 5.17. The molecule has 0 saturated heterocycles. The van der Waals surface area contributed by atoms with Crippen LogP contribution in [0.25, 0.3) is 0 Å². The molecule has 0 spiro atoms. The van der Waals surface area contributed by atoms with Crippen molar-refractivity contribution in [1.29, 1.82) is 0 Å². The number of carbonyl (C=O) groups excluding carboxylic acids is 1. The Bertz CT molecular complexity index is 708. The number of halogens is 4. The van der Waals surface area contributed by atoms with E-state index in [1.54, 1.807) is 30.3 Å². The minimum absolute atomic E-state index is 0.0635. The van der Waals surface area contributed by atoms with E-state index in [1.165, 1.54) is 18.2 Å². The first-order valence-corrected chi connectivity index (χ1v) is 7.32. The average molecular weight is 359 g/mol. The lowest BCUT2D eigenvalue weighted by Crippen LogP contribution is -2.30. The van der Waals surface area contributed by atoms with Crippen molar-refractivity contribution in [2.24, 2.45) is 0 Å². The highest BCUT2D eigenvalue weighted by Crippen LogP contribution is 2.26. The molecular formula is C16H14ClF3N2O2. The van der Waals surface area contributed by atoms with Gasteiger partial charge in [0.1, 0.15) is 5.75 Å². The summed E-state index contributed by atoms with van der Waals surface area (Å²) in [6.45, 7) is -0.151. The number of alkyl halides is 3. The maximum Gasteiger partial charge on any atom is 0.573 e. The van der Waals surface area contributed by atoms with Crippen molar-refractivity contribution in [3.8, 4) is 5.75 Å². The molecular weight excluding hydrogens is 345 g/mol. The molecule has 128 valence electrons. The first-order chi connectivity index (χ1) is 11.3. The molecule has 2 aromatic rings. The van der Waals surface area contributed by atoms with Crippen LogP contribution in [0.1, 0.15) is 5.56 Å². The number of ether oxygens (including phenoxy) is 1. The van der Waals surface area contributed by atoms with E-state index in [0.29, 0.717) is 10.7 Å². The molecule has 0 aliphatic heterocycles. The zero-order chi connectivity index (χ0) is 17.6. The molecule has 0 aromatic heterocycles. The van der Waals surface area contributed by atoms with Crippen molar-refractivity contribution in [2.45, 2.75) is 12.9 Å². The van der Waals surface area contributed by atoms with Crippen LogP contribution in [0.2, 0.25) is 5.02 Å². The van der Waals surface area contributed by atoms with Gasteiger partial charge in [0, 0.05) is 12.1 Å². The smallest absolute Gasteiger partial charge is 0.405 e. The number of para-hydroxylation sites is 2. The minimum Gasteiger partial charge on any atom is -0.405 e. The Labute approximate surface area is 141 Å². The van der Waals surface area contributed by atoms with Gasteiger partial charge >= 0.3 is 6.36 Å². The molecule has 2 N–H and O–H groups in total. The Morgan fingerprint density at radius 2 is 1.75 bits per heavy atom. The van der Waals surface area contributed by atoms with Crippen LogP contribution in [0.4, 0.5) is 18.9 Å². The number of hydrogen-bond acceptors (Lipinski definition) is 3. The second kappa shape index (κ2) is 7.92. The highest BCUT2D eigenvalue weighted by Gasteiger charge is 2.31. The van der Waals surface area contributed by atoms with Gasteiger partial charge in [-0.3, -0.25) is 4.79 Å². The summed E-state index contributed by atoms with van der Waals surface area (Å²) in [5.41, 5.74) is 0.816. The molecule has 4 nitrogen and oxygen atoms in total. The standard InChI is InChI=1S/C16H14ClF3N2O2/c17-12-6-2-3-7-13(12)21-10-15(23)22-9-11-5-1-4-8-14(11)24-16(18,19)20/h1-8,21H,9-10H2,(H,22,23). The third-order valence-electron chi connectivity index (χ3n) is 2.99. The highest BCUT2D eigenvalue weighted by molar-refractivity contribution is 6.33. The van der Waals surface area contributed by atoms with E-state index >= 15 is 0 Å². The first kappa shape index (κ1) is 17.9. The van der Waals surface area contributed by atoms with Crippen molar-refractivity contribution in [3.63, 3.8) is 0 Å². The Kier molecular flexibility index (Phi) is 5.92. The molecule has 0 saturated carbocycles. The van der Waals surface area contributed by atoms with E-state index in [9.17, 15) is 18.0 Å². The Morgan fingerprint density at radius 1 is 1.08 bits per heavy atom. The van der Waals surface area contributed by atoms with Crippen molar-refractivity contribution < 1.29 is 22.7 Å². The molecule has 0 radical (unpaired) electrons. The fourth-order valence-corrected chi connectivity index (χ4v) is 2.11. The van der Waals surface area contributed by atoms with Crippen LogP contribution in [0.5, 0.6) is 5.75 Å². The molecule has 0 unspecified atom stereocenters. The van der Waals surface area contributed by atoms with Gasteiger partial charge in [-0.25, -0.2) is 0 Å². The zero-order valence-corrected chi connectivity index (χ0v) is 13.1. The summed E-state index contributed by atoms with van der Waals surface area (Å²) < 4.78 is 40.9. The molecule has 0 atom stereocenters. The fourth-order valence-electron chi connectivity index (χ4n) is 1.91. The molecule has 2 rings (SSSR count). The topological polar surface area (TPSA) is 50.4 Å². The van der Waals surface area contributed by atoms with Crippen molar-refractivity contribution in [2.75, 3.05) is 11.9 Å². The van der Waals surface area contributed by atoms with E-state index in [0.717, 1.165) is 0 Å². The van der Waals surface area contributed by atoms with Crippen LogP contribution in [0.15, 0.2) is 48.5 Å². The molecule has 0 aliphatic rings. The third-order valence-corrected chi connectivity index (χ3v) is 3.32. The second-order valence-electron chi connectivity index (χ2n) is 4.77. The number of carbonyl (C=O) groups is 1. The quantitative estimate of drug-likeness (QED) is 0.821. The monoisotopic (exact) mass is 358 g/mol. The Morgan fingerprint density at radius 3 is 2.46 bits per heavy atom. The van der Waals surface area contributed by atoms with Gasteiger partial charge in [-0.1, -0.05) is 41.9 Å². The maximum absolute atomic E-state index is 12.3. The van der Waals surface area contributed by atoms with Crippen molar-refractivity contribution >= 4 is 23.2 Å². The fraction of sp³-hybridized carbons (Fsp3) is 0.188. The molecule has 8 heteroatoms. The molecule has 0 fully saturated rings. The van der Waals surface area contributed by atoms with Crippen molar-refractivity contribution in [1.82, 2.24) is 5.32 Å². The third kappa shape index (κ3) is 5.66. The molecule has 0 heterocycles. The normalized spacial score (nSPS) is 11.0. The van der Waals surface area contributed by atoms with Crippen LogP contribution in [-0.2, 0) is 11.3 Å². The molecule has 2 aromatic carbocycles. The molecule has 24 heavy (non-hydrogen) atoms. The van der Waals surface area contributed by atoms with Crippen LogP contribution in [0.3, 0.4) is 0 Å². The lowest BCUT2D eigenvalue weighted by Gasteiger charge is -2.14. The van der Waals surface area contributed by atoms with Gasteiger partial charge in [-0.05, 0) is 18.2 Å². The predicted molar refractivity (Wildman–Crippen MR) is 84.9 cm³/mol. The minimum atomic E-state index is -4.79. The SMILES string of the molecule is O=C(CNc1ccccc1Cl)NCc1ccccc1OC(F)(F)F. The van der Waals surface area contributed by atoms with Crippen LogP contribution < -0.4 is 15.4 Å². The summed E-state index contributed by atoms with van der Waals surface area (Å²) in [7, 11) is 0. The van der Waals surface area contributed by atoms with Gasteiger partial charge in [0.05, 0.1) is 17.3 Å². The van der Waals surface area contributed by atoms with Crippen LogP contribution in [0, 0.1) is 0 Å². The maximum atomic E-state index is 12.3. The van der Waals surface area contributed by atoms with E-state index in [2.05, 4.69) is 15.4 Å². The summed E-state index contributed by atoms with van der Waals surface area (Å²) in [5, 5.41) is 5.84. The predicted octanol–water partition coefficient (Wildman–Crippen LogP) is 3.97. The van der Waals surface area contributed by atoms with Crippen LogP contribution in [-0.4, -0.2) is 18.8 Å². The van der Waals surface area contributed by atoms with Gasteiger partial charge in [0.25, 0.3) is 0 Å². The van der Waals surface area contributed by atoms with Gasteiger partial charge in [0.2, 0.25) is 5.91 Å². The number of amides is 1. The first-order valence-electron chi connectivity index (χ1n) is 6.94. The van der Waals surface area contributed by atoms with E-state index < -0.39 is 12.3 Å². The van der Waals surface area contributed by atoms with E-state index in [-0.39, 0.29) is 24.4 Å². The lowest BCUT2D eigenvalue weighted by atomic mass is 10.2. The van der Waals surface area contributed by atoms with Crippen molar-refractivity contribution in [3.05, 3.63) is 59.1 Å². The highest BCUT2D eigenvalue weighted by atomic mass is 35.5. The number of hydrogen-bond donors (Lipinski definition) is 2. The average Bonchev–Trinajstić information content (AvgIpc) is 2.52. The largest absolute Gasteiger partial charge is 0.573 e. The number of nitrogens with one attached hydrogen (secondary N) is 2. The Hall–Kier alpha value is -2.41. The molecule has 1 amide bonds. The van der Waals surface area contributed by atoms with Gasteiger partial charge in [-0.15, -0.1) is 13.2 Å². The summed E-state index contributed by atoms with van der Waals surface area (Å²) in [5.74, 6) is -0.735. The zero-order valence-electron chi connectivity index (χ0n) is 12.4. The number of benzene rings is 2. The number of anilines is 1. The van der Waals surface area contributed by atoms with Gasteiger partial charge in [0.15, 0.2) is 0 Å². The van der Waals surface area contributed by atoms with E-state index in [1.807, 2.05) is 0 Å². The lowest BCUT2D eigenvalue weighted by molar-refractivity contribution is -0.274. The van der Waals surface area contributed by atoms with Gasteiger partial charge in [-0.2, -0.15) is 0 Å². The molecule has 0 aliphatic carbocycles. The molecule has 0 bridgehead atoms. The van der Waals surface area contributed by atoms with Gasteiger partial charge < -0.3 is 15.4 Å². The Balaban J connectivity index is 1.89.